The lowest BCUT2D eigenvalue weighted by Gasteiger charge is -2.34. The van der Waals surface area contributed by atoms with Crippen LogP contribution in [-0.2, 0) is 4.79 Å². The number of fused-ring (bicyclic) bond motifs is 1. The normalized spacial score (nSPS) is 14.0. The number of carbonyl (C=O) groups excluding carboxylic acids is 1. The Balaban J connectivity index is 1.37. The van der Waals surface area contributed by atoms with Crippen molar-refractivity contribution >= 4 is 51.6 Å². The quantitative estimate of drug-likeness (QED) is 0.304. The molecule has 5 rings (SSSR count). The number of aromatic nitrogens is 3. The first-order chi connectivity index (χ1) is 17.5. The highest BCUT2D eigenvalue weighted by molar-refractivity contribution is 6.33. The molecule has 0 radical (unpaired) electrons. The largest absolute Gasteiger partial charge is 0.438 e. The third kappa shape index (κ3) is 5.27. The number of likely N-dealkylation sites (N-methyl/N-ethyl adjacent to an activating group) is 1. The maximum absolute atomic E-state index is 11.6. The van der Waals surface area contributed by atoms with Crippen LogP contribution in [0.4, 0.5) is 23.0 Å². The lowest BCUT2D eigenvalue weighted by molar-refractivity contribution is -0.111. The Labute approximate surface area is 213 Å². The first kappa shape index (κ1) is 23.7. The summed E-state index contributed by atoms with van der Waals surface area (Å²) in [5.74, 6) is 0.949. The zero-order valence-corrected chi connectivity index (χ0v) is 20.5. The van der Waals surface area contributed by atoms with Gasteiger partial charge >= 0.3 is 0 Å². The van der Waals surface area contributed by atoms with Crippen LogP contribution in [0.25, 0.3) is 11.0 Å². The first-order valence-electron chi connectivity index (χ1n) is 11.5. The molecule has 0 aliphatic carbocycles. The monoisotopic (exact) mass is 503 g/mol. The number of H-pyrrole nitrogens is 1. The van der Waals surface area contributed by atoms with E-state index < -0.39 is 0 Å². The van der Waals surface area contributed by atoms with Crippen molar-refractivity contribution in [2.24, 2.45) is 0 Å². The number of aromatic amines is 1. The van der Waals surface area contributed by atoms with E-state index in [0.29, 0.717) is 33.9 Å². The van der Waals surface area contributed by atoms with Crippen LogP contribution in [0.5, 0.6) is 11.6 Å². The second-order valence-corrected chi connectivity index (χ2v) is 8.90. The predicted octanol–water partition coefficient (Wildman–Crippen LogP) is 5.02. The Morgan fingerprint density at radius 3 is 2.72 bits per heavy atom. The summed E-state index contributed by atoms with van der Waals surface area (Å²) in [6, 6.07) is 14.8. The fraction of sp³-hybridized carbons (Fsp3) is 0.192. The van der Waals surface area contributed by atoms with Crippen LogP contribution in [-0.4, -0.2) is 59.0 Å². The van der Waals surface area contributed by atoms with Gasteiger partial charge in [-0.05, 0) is 49.5 Å². The van der Waals surface area contributed by atoms with E-state index in [1.165, 1.54) is 6.08 Å². The number of rotatable bonds is 7. The number of nitrogens with one attached hydrogen (secondary N) is 3. The zero-order valence-electron chi connectivity index (χ0n) is 19.8. The minimum atomic E-state index is -0.300. The number of halogens is 1. The van der Waals surface area contributed by atoms with Gasteiger partial charge in [0.2, 0.25) is 17.7 Å². The summed E-state index contributed by atoms with van der Waals surface area (Å²) >= 11 is 6.64. The molecule has 1 aliphatic heterocycles. The minimum Gasteiger partial charge on any atom is -0.438 e. The maximum Gasteiger partial charge on any atom is 0.247 e. The third-order valence-corrected chi connectivity index (χ3v) is 6.23. The van der Waals surface area contributed by atoms with Crippen LogP contribution in [0, 0.1) is 0 Å². The molecule has 0 spiro atoms. The number of anilines is 4. The van der Waals surface area contributed by atoms with Crippen molar-refractivity contribution in [1.82, 2.24) is 19.9 Å². The molecule has 1 aliphatic rings. The van der Waals surface area contributed by atoms with Gasteiger partial charge in [-0.25, -0.2) is 0 Å². The Kier molecular flexibility index (Phi) is 6.75. The van der Waals surface area contributed by atoms with E-state index in [-0.39, 0.29) is 5.91 Å². The molecule has 2 aromatic carbocycles. The number of hydrogen-bond acceptors (Lipinski definition) is 7. The Bertz CT molecular complexity index is 1410. The molecule has 10 heteroatoms. The Hall–Kier alpha value is -4.08. The van der Waals surface area contributed by atoms with Crippen molar-refractivity contribution in [3.05, 3.63) is 72.4 Å². The van der Waals surface area contributed by atoms with Crippen LogP contribution in [0.1, 0.15) is 0 Å². The molecule has 0 bridgehead atoms. The second-order valence-electron chi connectivity index (χ2n) is 8.50. The lowest BCUT2D eigenvalue weighted by Crippen LogP contribution is -2.44. The Morgan fingerprint density at radius 2 is 1.94 bits per heavy atom. The van der Waals surface area contributed by atoms with E-state index in [2.05, 4.69) is 49.0 Å². The highest BCUT2D eigenvalue weighted by atomic mass is 35.5. The predicted molar refractivity (Wildman–Crippen MR) is 144 cm³/mol. The summed E-state index contributed by atoms with van der Waals surface area (Å²) in [5.41, 5.74) is 3.00. The summed E-state index contributed by atoms with van der Waals surface area (Å²) in [4.78, 5) is 28.5. The number of hydrogen-bond donors (Lipinski definition) is 3. The van der Waals surface area contributed by atoms with Gasteiger partial charge in [-0.15, -0.1) is 0 Å². The third-order valence-electron chi connectivity index (χ3n) is 5.93. The van der Waals surface area contributed by atoms with Crippen LogP contribution >= 0.6 is 11.6 Å². The van der Waals surface area contributed by atoms with E-state index in [1.807, 2.05) is 24.3 Å². The van der Waals surface area contributed by atoms with Gasteiger partial charge in [0.05, 0.1) is 16.1 Å². The minimum absolute atomic E-state index is 0.300. The molecule has 1 fully saturated rings. The molecule has 3 N–H and O–H groups in total. The topological polar surface area (TPSA) is 98.4 Å². The molecule has 1 saturated heterocycles. The van der Waals surface area contributed by atoms with Gasteiger partial charge in [0, 0.05) is 49.8 Å². The lowest BCUT2D eigenvalue weighted by atomic mass is 10.2. The van der Waals surface area contributed by atoms with Gasteiger partial charge in [-0.2, -0.15) is 9.97 Å². The number of ether oxygens (including phenoxy) is 1. The number of nitrogens with zero attached hydrogens (tertiary/aromatic N) is 4. The first-order valence-corrected chi connectivity index (χ1v) is 11.9. The molecule has 4 aromatic rings. The van der Waals surface area contributed by atoms with Crippen molar-refractivity contribution in [1.29, 1.82) is 0 Å². The summed E-state index contributed by atoms with van der Waals surface area (Å²) in [6.07, 6.45) is 2.99. The van der Waals surface area contributed by atoms with Gasteiger partial charge in [0.1, 0.15) is 11.4 Å². The van der Waals surface area contributed by atoms with Crippen molar-refractivity contribution in [3.63, 3.8) is 0 Å². The van der Waals surface area contributed by atoms with E-state index in [4.69, 9.17) is 16.3 Å². The molecule has 2 aromatic heterocycles. The van der Waals surface area contributed by atoms with Crippen molar-refractivity contribution < 1.29 is 9.53 Å². The SMILES string of the molecule is C=CC(=O)Nc1cccc(Oc2nc(Nc3ccc(N4CCN(C)CC4)c(Cl)c3)nc3[nH]ccc23)c1. The average molecular weight is 504 g/mol. The molecule has 0 unspecified atom stereocenters. The number of piperazine rings is 1. The van der Waals surface area contributed by atoms with E-state index in [1.54, 1.807) is 30.5 Å². The van der Waals surface area contributed by atoms with Gasteiger partial charge in [0.15, 0.2) is 0 Å². The summed E-state index contributed by atoms with van der Waals surface area (Å²) < 4.78 is 6.09. The highest BCUT2D eigenvalue weighted by Gasteiger charge is 2.17. The number of amides is 1. The zero-order chi connectivity index (χ0) is 25.1. The molecular weight excluding hydrogens is 478 g/mol. The van der Waals surface area contributed by atoms with Crippen molar-refractivity contribution in [2.45, 2.75) is 0 Å². The van der Waals surface area contributed by atoms with Gasteiger partial charge in [-0.3, -0.25) is 4.79 Å². The summed E-state index contributed by atoms with van der Waals surface area (Å²) in [5, 5.41) is 7.35. The summed E-state index contributed by atoms with van der Waals surface area (Å²) in [6.45, 7) is 7.36. The van der Waals surface area contributed by atoms with Crippen LogP contribution in [0.3, 0.4) is 0 Å². The Morgan fingerprint density at radius 1 is 1.11 bits per heavy atom. The highest BCUT2D eigenvalue weighted by Crippen LogP contribution is 2.33. The van der Waals surface area contributed by atoms with E-state index >= 15 is 0 Å². The molecule has 9 nitrogen and oxygen atoms in total. The molecule has 0 saturated carbocycles. The van der Waals surface area contributed by atoms with Gasteiger partial charge in [0.25, 0.3) is 0 Å². The van der Waals surface area contributed by atoms with Crippen LogP contribution < -0.4 is 20.3 Å². The number of benzene rings is 2. The van der Waals surface area contributed by atoms with Crippen molar-refractivity contribution in [2.75, 3.05) is 48.8 Å². The van der Waals surface area contributed by atoms with Gasteiger partial charge < -0.3 is 30.2 Å². The van der Waals surface area contributed by atoms with Crippen LogP contribution in [0.2, 0.25) is 5.02 Å². The second kappa shape index (κ2) is 10.3. The summed E-state index contributed by atoms with van der Waals surface area (Å²) in [7, 11) is 2.13. The molecule has 0 atom stereocenters. The fourth-order valence-corrected chi connectivity index (χ4v) is 4.31. The molecule has 184 valence electrons. The van der Waals surface area contributed by atoms with Crippen molar-refractivity contribution in [3.8, 4) is 11.6 Å². The maximum atomic E-state index is 11.6. The smallest absolute Gasteiger partial charge is 0.247 e. The van der Waals surface area contributed by atoms with E-state index in [9.17, 15) is 4.79 Å². The number of carbonyl (C=O) groups is 1. The molecule has 36 heavy (non-hydrogen) atoms. The molecule has 1 amide bonds. The molecular formula is C26H26ClN7O2. The standard InChI is InChI=1S/C26H26ClN7O2/c1-3-23(35)29-17-5-4-6-19(15-17)36-25-20-9-10-28-24(20)31-26(32-25)30-18-7-8-22(21(27)16-18)34-13-11-33(2)12-14-34/h3-10,15-16H,1,11-14H2,2H3,(H,29,35)(H2,28,30,31,32). The fourth-order valence-electron chi connectivity index (χ4n) is 4.01. The van der Waals surface area contributed by atoms with E-state index in [0.717, 1.165) is 42.9 Å². The van der Waals surface area contributed by atoms with Crippen LogP contribution in [0.15, 0.2) is 67.4 Å². The molecule has 3 heterocycles. The average Bonchev–Trinajstić information content (AvgIpc) is 3.34. The van der Waals surface area contributed by atoms with Gasteiger partial charge in [-0.1, -0.05) is 24.2 Å².